The van der Waals surface area contributed by atoms with Gasteiger partial charge in [0, 0.05) is 11.5 Å². The van der Waals surface area contributed by atoms with Crippen LogP contribution in [0.1, 0.15) is 33.6 Å². The van der Waals surface area contributed by atoms with E-state index in [0.29, 0.717) is 11.5 Å². The first-order valence-corrected chi connectivity index (χ1v) is 7.16. The molecule has 1 saturated carbocycles. The Labute approximate surface area is 119 Å². The first-order chi connectivity index (χ1) is 9.26. The number of allylic oxidation sites excluding steroid dienone is 5. The predicted molar refractivity (Wildman–Crippen MR) is 75.9 cm³/mol. The van der Waals surface area contributed by atoms with Crippen LogP contribution in [0, 0.1) is 17.3 Å². The van der Waals surface area contributed by atoms with Crippen molar-refractivity contribution < 1.29 is 14.7 Å². The van der Waals surface area contributed by atoms with Crippen LogP contribution in [0.2, 0.25) is 0 Å². The summed E-state index contributed by atoms with van der Waals surface area (Å²) >= 11 is 0. The smallest absolute Gasteiger partial charge is 0.225 e. The van der Waals surface area contributed by atoms with Crippen LogP contribution in [0.4, 0.5) is 0 Å². The second kappa shape index (κ2) is 4.01. The fourth-order valence-corrected chi connectivity index (χ4v) is 3.62. The second-order valence-corrected chi connectivity index (χ2v) is 6.85. The van der Waals surface area contributed by atoms with Crippen LogP contribution in [0.3, 0.4) is 0 Å². The molecular formula is C17H20O3. The van der Waals surface area contributed by atoms with Crippen molar-refractivity contribution >= 4 is 11.6 Å². The first kappa shape index (κ1) is 13.5. The van der Waals surface area contributed by atoms with Gasteiger partial charge in [-0.25, -0.2) is 0 Å². The lowest BCUT2D eigenvalue weighted by molar-refractivity contribution is -0.163. The van der Waals surface area contributed by atoms with E-state index in [1.165, 1.54) is 0 Å². The number of Topliss-reactive ketones (excluding diaryl/α,β-unsaturated/α-hetero) is 2. The lowest BCUT2D eigenvalue weighted by Gasteiger charge is -2.50. The van der Waals surface area contributed by atoms with Gasteiger partial charge in [0.15, 0.2) is 0 Å². The molecule has 0 bridgehead atoms. The molecule has 0 aromatic heterocycles. The largest absolute Gasteiger partial charge is 0.389 e. The number of aliphatic hydroxyl groups is 1. The van der Waals surface area contributed by atoms with Crippen molar-refractivity contribution in [1.82, 2.24) is 0 Å². The summed E-state index contributed by atoms with van der Waals surface area (Å²) in [6.45, 7) is 5.05. The number of rotatable bonds is 0. The van der Waals surface area contributed by atoms with Crippen LogP contribution in [-0.4, -0.2) is 22.3 Å². The lowest BCUT2D eigenvalue weighted by Crippen LogP contribution is -2.61. The minimum Gasteiger partial charge on any atom is -0.389 e. The summed E-state index contributed by atoms with van der Waals surface area (Å²) in [7, 11) is 0. The lowest BCUT2D eigenvalue weighted by atomic mass is 9.54. The van der Waals surface area contributed by atoms with E-state index in [1.54, 1.807) is 20.8 Å². The zero-order chi connectivity index (χ0) is 14.7. The molecule has 3 heteroatoms. The van der Waals surface area contributed by atoms with E-state index >= 15 is 0 Å². The van der Waals surface area contributed by atoms with Gasteiger partial charge in [-0.15, -0.1) is 0 Å². The van der Waals surface area contributed by atoms with Gasteiger partial charge in [-0.05, 0) is 45.1 Å². The Morgan fingerprint density at radius 1 is 1.25 bits per heavy atom. The summed E-state index contributed by atoms with van der Waals surface area (Å²) in [4.78, 5) is 24.7. The molecule has 3 rings (SSSR count). The monoisotopic (exact) mass is 272 g/mol. The van der Waals surface area contributed by atoms with Gasteiger partial charge in [0.25, 0.3) is 0 Å². The predicted octanol–water partition coefficient (Wildman–Crippen LogP) is 2.36. The Kier molecular flexibility index (Phi) is 2.71. The minimum atomic E-state index is -1.18. The van der Waals surface area contributed by atoms with Gasteiger partial charge in [-0.1, -0.05) is 24.3 Å². The number of ketones is 2. The topological polar surface area (TPSA) is 54.4 Å². The molecule has 0 heterocycles. The van der Waals surface area contributed by atoms with Crippen molar-refractivity contribution in [2.24, 2.45) is 17.3 Å². The fourth-order valence-electron chi connectivity index (χ4n) is 3.62. The molecule has 0 saturated heterocycles. The van der Waals surface area contributed by atoms with Crippen molar-refractivity contribution in [2.45, 2.75) is 39.2 Å². The van der Waals surface area contributed by atoms with Gasteiger partial charge in [0.1, 0.15) is 0 Å². The highest BCUT2D eigenvalue weighted by molar-refractivity contribution is 6.46. The van der Waals surface area contributed by atoms with Gasteiger partial charge >= 0.3 is 0 Å². The minimum absolute atomic E-state index is 0.253. The SMILES string of the molecule is CC1(C)C(=O)C(=O)C2=CC3=CC=CCC3CC2C1(C)O. The summed E-state index contributed by atoms with van der Waals surface area (Å²) in [5.74, 6) is -0.802. The molecule has 20 heavy (non-hydrogen) atoms. The average molecular weight is 272 g/mol. The highest BCUT2D eigenvalue weighted by atomic mass is 16.3. The van der Waals surface area contributed by atoms with Gasteiger partial charge in [-0.3, -0.25) is 9.59 Å². The van der Waals surface area contributed by atoms with E-state index in [0.717, 1.165) is 18.4 Å². The first-order valence-electron chi connectivity index (χ1n) is 7.16. The molecule has 106 valence electrons. The normalized spacial score (nSPS) is 38.8. The zero-order valence-corrected chi connectivity index (χ0v) is 12.1. The Bertz CT molecular complexity index is 587. The quantitative estimate of drug-likeness (QED) is 0.689. The van der Waals surface area contributed by atoms with Crippen molar-refractivity contribution in [3.63, 3.8) is 0 Å². The molecule has 0 amide bonds. The molecule has 0 aromatic carbocycles. The molecule has 1 fully saturated rings. The van der Waals surface area contributed by atoms with Crippen LogP contribution < -0.4 is 0 Å². The van der Waals surface area contributed by atoms with E-state index < -0.39 is 22.6 Å². The number of carbonyl (C=O) groups excluding carboxylic acids is 2. The molecule has 3 aliphatic carbocycles. The molecule has 0 spiro atoms. The number of fused-ring (bicyclic) bond motifs is 2. The van der Waals surface area contributed by atoms with Crippen molar-refractivity contribution in [3.8, 4) is 0 Å². The van der Waals surface area contributed by atoms with Gasteiger partial charge in [0.2, 0.25) is 11.6 Å². The Hall–Kier alpha value is -1.48. The summed E-state index contributed by atoms with van der Waals surface area (Å²) in [5, 5.41) is 10.9. The number of hydrogen-bond acceptors (Lipinski definition) is 3. The second-order valence-electron chi connectivity index (χ2n) is 6.85. The summed E-state index contributed by atoms with van der Waals surface area (Å²) in [6, 6.07) is 0. The van der Waals surface area contributed by atoms with Crippen LogP contribution in [0.5, 0.6) is 0 Å². The summed E-state index contributed by atoms with van der Waals surface area (Å²) in [6.07, 6.45) is 9.61. The summed E-state index contributed by atoms with van der Waals surface area (Å²) in [5.41, 5.74) is -0.610. The van der Waals surface area contributed by atoms with Crippen molar-refractivity contribution in [3.05, 3.63) is 35.5 Å². The molecule has 3 unspecified atom stereocenters. The molecule has 1 N–H and O–H groups in total. The summed E-state index contributed by atoms with van der Waals surface area (Å²) < 4.78 is 0. The molecule has 0 aliphatic heterocycles. The average Bonchev–Trinajstić information content (AvgIpc) is 2.42. The molecule has 0 radical (unpaired) electrons. The van der Waals surface area contributed by atoms with Crippen LogP contribution >= 0.6 is 0 Å². The maximum atomic E-state index is 12.4. The molecule has 3 nitrogen and oxygen atoms in total. The zero-order valence-electron chi connectivity index (χ0n) is 12.1. The van der Waals surface area contributed by atoms with Gasteiger partial charge < -0.3 is 5.11 Å². The third-order valence-corrected chi connectivity index (χ3v) is 5.51. The standard InChI is InChI=1S/C17H20O3/c1-16(2)15(19)14(18)12-8-10-6-4-5-7-11(10)9-13(12)17(16,3)20/h4-6,8,11,13,20H,7,9H2,1-3H3. The molecule has 3 aliphatic rings. The van der Waals surface area contributed by atoms with Crippen LogP contribution in [0.25, 0.3) is 0 Å². The van der Waals surface area contributed by atoms with Crippen molar-refractivity contribution in [2.75, 3.05) is 0 Å². The maximum Gasteiger partial charge on any atom is 0.225 e. The van der Waals surface area contributed by atoms with Crippen LogP contribution in [-0.2, 0) is 9.59 Å². The highest BCUT2D eigenvalue weighted by Crippen LogP contribution is 2.51. The van der Waals surface area contributed by atoms with E-state index in [1.807, 2.05) is 18.2 Å². The van der Waals surface area contributed by atoms with E-state index in [-0.39, 0.29) is 5.92 Å². The third-order valence-electron chi connectivity index (χ3n) is 5.51. The van der Waals surface area contributed by atoms with Gasteiger partial charge in [-0.2, -0.15) is 0 Å². The molecule has 0 aromatic rings. The Morgan fingerprint density at radius 2 is 1.95 bits per heavy atom. The molecule has 3 atom stereocenters. The highest BCUT2D eigenvalue weighted by Gasteiger charge is 2.59. The number of carbonyl (C=O) groups is 2. The Balaban J connectivity index is 2.14. The van der Waals surface area contributed by atoms with Gasteiger partial charge in [0.05, 0.1) is 11.0 Å². The van der Waals surface area contributed by atoms with Crippen molar-refractivity contribution in [1.29, 1.82) is 0 Å². The van der Waals surface area contributed by atoms with E-state index in [4.69, 9.17) is 0 Å². The Morgan fingerprint density at radius 3 is 2.65 bits per heavy atom. The maximum absolute atomic E-state index is 12.4. The van der Waals surface area contributed by atoms with E-state index in [9.17, 15) is 14.7 Å². The third kappa shape index (κ3) is 1.56. The number of hydrogen-bond donors (Lipinski definition) is 1. The molecular weight excluding hydrogens is 252 g/mol. The van der Waals surface area contributed by atoms with E-state index in [2.05, 4.69) is 6.08 Å². The van der Waals surface area contributed by atoms with Crippen LogP contribution in [0.15, 0.2) is 35.5 Å². The fraction of sp³-hybridized carbons (Fsp3) is 0.529.